The molecule has 0 saturated carbocycles. The van der Waals surface area contributed by atoms with Gasteiger partial charge in [0.15, 0.2) is 0 Å². The predicted octanol–water partition coefficient (Wildman–Crippen LogP) is 5.11. The topological polar surface area (TPSA) is 17.0 Å². The summed E-state index contributed by atoms with van der Waals surface area (Å²) in [5, 5.41) is 4.59. The average Bonchev–Trinajstić information content (AvgIpc) is 2.89. The van der Waals surface area contributed by atoms with Crippen LogP contribution in [0.3, 0.4) is 0 Å². The van der Waals surface area contributed by atoms with Gasteiger partial charge in [0.05, 0.1) is 0 Å². The number of hydrogen-bond acceptors (Lipinski definition) is 1. The molecule has 21 heavy (non-hydrogen) atoms. The highest BCUT2D eigenvalue weighted by Gasteiger charge is 2.02. The molecule has 1 heterocycles. The summed E-state index contributed by atoms with van der Waals surface area (Å²) in [5.41, 5.74) is 2.75. The molecule has 0 atom stereocenters. The smallest absolute Gasteiger partial charge is 0.0483 e. The van der Waals surface area contributed by atoms with Gasteiger partial charge in [0.2, 0.25) is 0 Å². The van der Waals surface area contributed by atoms with Crippen LogP contribution in [0.5, 0.6) is 0 Å². The van der Waals surface area contributed by atoms with E-state index >= 15 is 0 Å². The van der Waals surface area contributed by atoms with Gasteiger partial charge in [-0.1, -0.05) is 57.6 Å². The van der Waals surface area contributed by atoms with E-state index in [2.05, 4.69) is 47.3 Å². The molecule has 116 valence electrons. The van der Waals surface area contributed by atoms with Gasteiger partial charge in [0, 0.05) is 24.8 Å². The van der Waals surface area contributed by atoms with Crippen LogP contribution in [0.1, 0.15) is 57.4 Å². The second kappa shape index (κ2) is 8.89. The first kappa shape index (κ1) is 16.1. The Bertz CT molecular complexity index is 527. The Balaban J connectivity index is 1.82. The Morgan fingerprint density at radius 2 is 1.71 bits per heavy atom. The maximum Gasteiger partial charge on any atom is 0.0483 e. The van der Waals surface area contributed by atoms with Crippen LogP contribution in [0.25, 0.3) is 10.9 Å². The summed E-state index contributed by atoms with van der Waals surface area (Å²) < 4.78 is 2.42. The van der Waals surface area contributed by atoms with E-state index in [-0.39, 0.29) is 0 Å². The average molecular weight is 286 g/mol. The zero-order valence-electron chi connectivity index (χ0n) is 13.7. The fourth-order valence-electron chi connectivity index (χ4n) is 2.98. The number of hydrogen-bond donors (Lipinski definition) is 1. The SMILES string of the molecule is CCCCCCCCCn1ccc2ccc(CNC)cc21. The minimum Gasteiger partial charge on any atom is -0.347 e. The molecule has 0 amide bonds. The lowest BCUT2D eigenvalue weighted by Crippen LogP contribution is -2.05. The molecule has 0 spiro atoms. The van der Waals surface area contributed by atoms with Crippen LogP contribution in [-0.4, -0.2) is 11.6 Å². The van der Waals surface area contributed by atoms with Crippen molar-refractivity contribution in [3.8, 4) is 0 Å². The second-order valence-electron chi connectivity index (χ2n) is 6.05. The summed E-state index contributed by atoms with van der Waals surface area (Å²) in [5.74, 6) is 0. The molecule has 0 aliphatic rings. The maximum atomic E-state index is 3.23. The molecule has 0 fully saturated rings. The molecular weight excluding hydrogens is 256 g/mol. The molecule has 2 aromatic rings. The number of aryl methyl sites for hydroxylation is 1. The first-order valence-electron chi connectivity index (χ1n) is 8.57. The monoisotopic (exact) mass is 286 g/mol. The molecule has 2 nitrogen and oxygen atoms in total. The summed E-state index contributed by atoms with van der Waals surface area (Å²) in [6.45, 7) is 4.37. The fourth-order valence-corrected chi connectivity index (χ4v) is 2.98. The molecule has 0 aliphatic carbocycles. The molecule has 2 heteroatoms. The van der Waals surface area contributed by atoms with E-state index in [1.54, 1.807) is 0 Å². The van der Waals surface area contributed by atoms with Crippen molar-refractivity contribution in [1.82, 2.24) is 9.88 Å². The minimum atomic E-state index is 0.943. The van der Waals surface area contributed by atoms with Gasteiger partial charge in [-0.25, -0.2) is 0 Å². The molecule has 0 unspecified atom stereocenters. The van der Waals surface area contributed by atoms with Gasteiger partial charge < -0.3 is 9.88 Å². The Morgan fingerprint density at radius 3 is 2.48 bits per heavy atom. The molecule has 0 aliphatic heterocycles. The van der Waals surface area contributed by atoms with Crippen LogP contribution in [0.2, 0.25) is 0 Å². The third-order valence-corrected chi connectivity index (χ3v) is 4.22. The van der Waals surface area contributed by atoms with E-state index in [9.17, 15) is 0 Å². The summed E-state index contributed by atoms with van der Waals surface area (Å²) in [6.07, 6.45) is 11.9. The van der Waals surface area contributed by atoms with Gasteiger partial charge >= 0.3 is 0 Å². The number of aromatic nitrogens is 1. The largest absolute Gasteiger partial charge is 0.347 e. The zero-order valence-corrected chi connectivity index (χ0v) is 13.7. The van der Waals surface area contributed by atoms with E-state index in [4.69, 9.17) is 0 Å². The molecule has 1 N–H and O–H groups in total. The predicted molar refractivity (Wildman–Crippen MR) is 92.7 cm³/mol. The highest BCUT2D eigenvalue weighted by Crippen LogP contribution is 2.19. The third kappa shape index (κ3) is 4.89. The van der Waals surface area contributed by atoms with Crippen molar-refractivity contribution < 1.29 is 0 Å². The first-order valence-corrected chi connectivity index (χ1v) is 8.57. The van der Waals surface area contributed by atoms with Gasteiger partial charge in [-0.15, -0.1) is 0 Å². The van der Waals surface area contributed by atoms with Gasteiger partial charge in [-0.3, -0.25) is 0 Å². The lowest BCUT2D eigenvalue weighted by molar-refractivity contribution is 0.556. The van der Waals surface area contributed by atoms with Crippen LogP contribution < -0.4 is 5.32 Å². The van der Waals surface area contributed by atoms with Crippen molar-refractivity contribution in [3.63, 3.8) is 0 Å². The van der Waals surface area contributed by atoms with E-state index in [1.807, 2.05) is 7.05 Å². The summed E-state index contributed by atoms with van der Waals surface area (Å²) in [4.78, 5) is 0. The molecule has 1 aromatic carbocycles. The lowest BCUT2D eigenvalue weighted by Gasteiger charge is -2.07. The molecule has 0 bridgehead atoms. The summed E-state index contributed by atoms with van der Waals surface area (Å²) >= 11 is 0. The standard InChI is InChI=1S/C19H30N2/c1-3-4-5-6-7-8-9-13-21-14-12-18-11-10-17(16-20-2)15-19(18)21/h10-12,14-15,20H,3-9,13,16H2,1-2H3. The van der Waals surface area contributed by atoms with Crippen LogP contribution >= 0.6 is 0 Å². The summed E-state index contributed by atoms with van der Waals surface area (Å²) in [7, 11) is 2.00. The van der Waals surface area contributed by atoms with Gasteiger partial charge in [0.1, 0.15) is 0 Å². The van der Waals surface area contributed by atoms with Crippen LogP contribution in [0.15, 0.2) is 30.5 Å². The summed E-state index contributed by atoms with van der Waals surface area (Å²) in [6, 6.07) is 9.02. The van der Waals surface area contributed by atoms with Gasteiger partial charge in [-0.05, 0) is 36.6 Å². The van der Waals surface area contributed by atoms with Crippen molar-refractivity contribution in [1.29, 1.82) is 0 Å². The zero-order chi connectivity index (χ0) is 14.9. The minimum absolute atomic E-state index is 0.943. The van der Waals surface area contributed by atoms with Gasteiger partial charge in [-0.2, -0.15) is 0 Å². The van der Waals surface area contributed by atoms with E-state index < -0.39 is 0 Å². The van der Waals surface area contributed by atoms with Crippen molar-refractivity contribution in [2.45, 2.75) is 65.0 Å². The molecular formula is C19H30N2. The second-order valence-corrected chi connectivity index (χ2v) is 6.05. The number of nitrogens with zero attached hydrogens (tertiary/aromatic N) is 1. The van der Waals surface area contributed by atoms with E-state index in [0.29, 0.717) is 0 Å². The Labute approximate surface area is 129 Å². The van der Waals surface area contributed by atoms with Crippen molar-refractivity contribution >= 4 is 10.9 Å². The Morgan fingerprint density at radius 1 is 0.952 bits per heavy atom. The Hall–Kier alpha value is -1.28. The number of unbranched alkanes of at least 4 members (excludes halogenated alkanes) is 6. The third-order valence-electron chi connectivity index (χ3n) is 4.22. The van der Waals surface area contributed by atoms with Crippen LogP contribution in [0, 0.1) is 0 Å². The number of benzene rings is 1. The number of fused-ring (bicyclic) bond motifs is 1. The fraction of sp³-hybridized carbons (Fsp3) is 0.579. The normalized spacial score (nSPS) is 11.3. The first-order chi connectivity index (χ1) is 10.3. The van der Waals surface area contributed by atoms with Crippen molar-refractivity contribution in [2.24, 2.45) is 0 Å². The lowest BCUT2D eigenvalue weighted by atomic mass is 10.1. The van der Waals surface area contributed by atoms with Crippen LogP contribution in [0.4, 0.5) is 0 Å². The molecule has 0 saturated heterocycles. The highest BCUT2D eigenvalue weighted by molar-refractivity contribution is 5.80. The molecule has 0 radical (unpaired) electrons. The van der Waals surface area contributed by atoms with Gasteiger partial charge in [0.25, 0.3) is 0 Å². The Kier molecular flexibility index (Phi) is 6.81. The highest BCUT2D eigenvalue weighted by atomic mass is 14.9. The number of rotatable bonds is 10. The van der Waals surface area contributed by atoms with E-state index in [1.165, 1.54) is 61.4 Å². The van der Waals surface area contributed by atoms with E-state index in [0.717, 1.165) is 13.1 Å². The van der Waals surface area contributed by atoms with Crippen LogP contribution in [-0.2, 0) is 13.1 Å². The van der Waals surface area contributed by atoms with Crippen molar-refractivity contribution in [2.75, 3.05) is 7.05 Å². The maximum absolute atomic E-state index is 3.23. The quantitative estimate of drug-likeness (QED) is 0.600. The molecule has 2 rings (SSSR count). The molecule has 1 aromatic heterocycles. The van der Waals surface area contributed by atoms with Crippen molar-refractivity contribution in [3.05, 3.63) is 36.0 Å². The number of nitrogens with one attached hydrogen (secondary N) is 1.